The minimum Gasteiger partial charge on any atom is -0.339 e. The molecule has 0 saturated carbocycles. The minimum atomic E-state index is -0.588. The van der Waals surface area contributed by atoms with Gasteiger partial charge in [-0.2, -0.15) is 0 Å². The van der Waals surface area contributed by atoms with Gasteiger partial charge in [0.15, 0.2) is 0 Å². The maximum absolute atomic E-state index is 12.7. The van der Waals surface area contributed by atoms with Gasteiger partial charge in [-0.1, -0.05) is 42.5 Å². The Kier molecular flexibility index (Phi) is 6.98. The van der Waals surface area contributed by atoms with Gasteiger partial charge in [0, 0.05) is 31.2 Å². The molecule has 0 radical (unpaired) electrons. The molecular formula is C24H26N2O3. The van der Waals surface area contributed by atoms with E-state index in [2.05, 4.69) is 25.1 Å². The number of hydroxylamine groups is 1. The second-order valence-electron chi connectivity index (χ2n) is 7.29. The number of carbonyl (C=O) groups excluding carboxylic acids is 2. The zero-order valence-electron chi connectivity index (χ0n) is 16.5. The molecule has 150 valence electrons. The quantitative estimate of drug-likeness (QED) is 0.462. The van der Waals surface area contributed by atoms with E-state index >= 15 is 0 Å². The van der Waals surface area contributed by atoms with Crippen molar-refractivity contribution in [3.8, 4) is 0 Å². The predicted octanol–water partition coefficient (Wildman–Crippen LogP) is 3.93. The minimum absolute atomic E-state index is 0.0175. The van der Waals surface area contributed by atoms with E-state index in [1.165, 1.54) is 17.2 Å². The Morgan fingerprint density at radius 1 is 1.07 bits per heavy atom. The molecule has 0 spiro atoms. The Morgan fingerprint density at radius 2 is 1.79 bits per heavy atom. The Morgan fingerprint density at radius 3 is 2.52 bits per heavy atom. The topological polar surface area (TPSA) is 69.6 Å². The van der Waals surface area contributed by atoms with Crippen molar-refractivity contribution in [2.75, 3.05) is 13.1 Å². The third kappa shape index (κ3) is 5.65. The molecule has 2 aromatic rings. The van der Waals surface area contributed by atoms with Crippen molar-refractivity contribution in [2.45, 2.75) is 25.7 Å². The van der Waals surface area contributed by atoms with E-state index in [-0.39, 0.29) is 5.91 Å². The monoisotopic (exact) mass is 390 g/mol. The number of amides is 2. The molecule has 1 fully saturated rings. The first-order chi connectivity index (χ1) is 14.1. The lowest BCUT2D eigenvalue weighted by Gasteiger charge is -2.33. The second-order valence-corrected chi connectivity index (χ2v) is 7.29. The normalized spacial score (nSPS) is 17.0. The Balaban J connectivity index is 1.65. The van der Waals surface area contributed by atoms with Gasteiger partial charge < -0.3 is 4.90 Å². The summed E-state index contributed by atoms with van der Waals surface area (Å²) in [5.41, 5.74) is 5.85. The number of piperidine rings is 1. The molecular weight excluding hydrogens is 364 g/mol. The molecule has 1 atom stereocenters. The zero-order valence-corrected chi connectivity index (χ0v) is 16.5. The maximum Gasteiger partial charge on any atom is 0.267 e. The molecule has 2 N–H and O–H groups in total. The van der Waals surface area contributed by atoms with Crippen LogP contribution in [0.15, 0.2) is 60.7 Å². The van der Waals surface area contributed by atoms with E-state index in [9.17, 15) is 9.59 Å². The maximum atomic E-state index is 12.7. The largest absolute Gasteiger partial charge is 0.339 e. The summed E-state index contributed by atoms with van der Waals surface area (Å²) in [5, 5.41) is 8.54. The number of nitrogens with zero attached hydrogens (tertiary/aromatic N) is 1. The van der Waals surface area contributed by atoms with Crippen LogP contribution in [0.3, 0.4) is 0 Å². The van der Waals surface area contributed by atoms with Crippen molar-refractivity contribution in [2.24, 2.45) is 0 Å². The van der Waals surface area contributed by atoms with Crippen LogP contribution in [0, 0.1) is 6.92 Å². The summed E-state index contributed by atoms with van der Waals surface area (Å²) in [6.45, 7) is 3.65. The first kappa shape index (κ1) is 20.6. The molecule has 2 amide bonds. The van der Waals surface area contributed by atoms with Gasteiger partial charge in [0.2, 0.25) is 5.91 Å². The number of rotatable bonds is 5. The van der Waals surface area contributed by atoms with Crippen LogP contribution in [-0.2, 0) is 9.59 Å². The SMILES string of the molecule is Cc1ccccc1C1CCCN(C(=O)C=Cc2cccc(C=CC(=O)NO)c2)C1. The van der Waals surface area contributed by atoms with Gasteiger partial charge in [-0.05, 0) is 60.2 Å². The molecule has 1 aliphatic rings. The number of nitrogens with one attached hydrogen (secondary N) is 1. The molecule has 5 heteroatoms. The first-order valence-electron chi connectivity index (χ1n) is 9.81. The van der Waals surface area contributed by atoms with Crippen molar-refractivity contribution in [1.82, 2.24) is 10.4 Å². The summed E-state index contributed by atoms with van der Waals surface area (Å²) in [7, 11) is 0. The highest BCUT2D eigenvalue weighted by Crippen LogP contribution is 2.29. The van der Waals surface area contributed by atoms with Crippen LogP contribution in [0.25, 0.3) is 12.2 Å². The highest BCUT2D eigenvalue weighted by atomic mass is 16.5. The van der Waals surface area contributed by atoms with E-state index in [1.54, 1.807) is 23.7 Å². The Labute approximate surface area is 171 Å². The highest BCUT2D eigenvalue weighted by Gasteiger charge is 2.24. The average molecular weight is 390 g/mol. The van der Waals surface area contributed by atoms with E-state index < -0.39 is 5.91 Å². The number of carbonyl (C=O) groups is 2. The van der Waals surface area contributed by atoms with Gasteiger partial charge in [-0.15, -0.1) is 0 Å². The second kappa shape index (κ2) is 9.85. The summed E-state index contributed by atoms with van der Waals surface area (Å²) in [6, 6.07) is 15.9. The fourth-order valence-electron chi connectivity index (χ4n) is 3.72. The van der Waals surface area contributed by atoms with Crippen molar-refractivity contribution in [3.63, 3.8) is 0 Å². The lowest BCUT2D eigenvalue weighted by Crippen LogP contribution is -2.38. The van der Waals surface area contributed by atoms with Crippen LogP contribution < -0.4 is 5.48 Å². The third-order valence-corrected chi connectivity index (χ3v) is 5.23. The molecule has 0 aliphatic carbocycles. The van der Waals surface area contributed by atoms with E-state index in [0.29, 0.717) is 5.92 Å². The summed E-state index contributed by atoms with van der Waals surface area (Å²) in [6.07, 6.45) is 8.36. The fourth-order valence-corrected chi connectivity index (χ4v) is 3.72. The average Bonchev–Trinajstić information content (AvgIpc) is 2.76. The van der Waals surface area contributed by atoms with Crippen LogP contribution >= 0.6 is 0 Å². The predicted molar refractivity (Wildman–Crippen MR) is 114 cm³/mol. The molecule has 3 rings (SSSR count). The molecule has 1 saturated heterocycles. The number of benzene rings is 2. The summed E-state index contributed by atoms with van der Waals surface area (Å²) < 4.78 is 0. The lowest BCUT2D eigenvalue weighted by molar-refractivity contribution is -0.127. The standard InChI is InChI=1S/C24H26N2O3/c1-18-6-2-3-10-22(18)21-9-5-15-26(17-21)24(28)14-12-20-8-4-7-19(16-20)11-13-23(27)25-29/h2-4,6-8,10-14,16,21,29H,5,9,15,17H2,1H3,(H,25,27). The van der Waals surface area contributed by atoms with Crippen molar-refractivity contribution in [3.05, 3.63) is 82.9 Å². The smallest absolute Gasteiger partial charge is 0.267 e. The van der Waals surface area contributed by atoms with Crippen molar-refractivity contribution >= 4 is 24.0 Å². The van der Waals surface area contributed by atoms with Crippen LogP contribution in [0.1, 0.15) is 41.0 Å². The van der Waals surface area contributed by atoms with Gasteiger partial charge in [0.1, 0.15) is 0 Å². The number of hydrogen-bond acceptors (Lipinski definition) is 3. The van der Waals surface area contributed by atoms with Crippen molar-refractivity contribution < 1.29 is 14.8 Å². The molecule has 1 aliphatic heterocycles. The van der Waals surface area contributed by atoms with Gasteiger partial charge >= 0.3 is 0 Å². The van der Waals surface area contributed by atoms with Crippen LogP contribution in [-0.4, -0.2) is 35.0 Å². The van der Waals surface area contributed by atoms with Crippen LogP contribution in [0.2, 0.25) is 0 Å². The van der Waals surface area contributed by atoms with E-state index in [4.69, 9.17) is 5.21 Å². The van der Waals surface area contributed by atoms with Gasteiger partial charge in [-0.3, -0.25) is 14.8 Å². The first-order valence-corrected chi connectivity index (χ1v) is 9.81. The summed E-state index contributed by atoms with van der Waals surface area (Å²) >= 11 is 0. The molecule has 0 aromatic heterocycles. The van der Waals surface area contributed by atoms with Crippen LogP contribution in [0.4, 0.5) is 0 Å². The van der Waals surface area contributed by atoms with E-state index in [1.807, 2.05) is 35.2 Å². The number of likely N-dealkylation sites (tertiary alicyclic amines) is 1. The Bertz CT molecular complexity index is 933. The highest BCUT2D eigenvalue weighted by molar-refractivity contribution is 5.92. The molecule has 1 unspecified atom stereocenters. The lowest BCUT2D eigenvalue weighted by atomic mass is 9.88. The molecule has 2 aromatic carbocycles. The third-order valence-electron chi connectivity index (χ3n) is 5.23. The summed E-state index contributed by atoms with van der Waals surface area (Å²) in [5.74, 6) is -0.188. The van der Waals surface area contributed by atoms with Crippen LogP contribution in [0.5, 0.6) is 0 Å². The van der Waals surface area contributed by atoms with Gasteiger partial charge in [0.25, 0.3) is 5.91 Å². The molecule has 1 heterocycles. The zero-order chi connectivity index (χ0) is 20.6. The van der Waals surface area contributed by atoms with Gasteiger partial charge in [0.05, 0.1) is 0 Å². The number of hydrogen-bond donors (Lipinski definition) is 2. The van der Waals surface area contributed by atoms with Gasteiger partial charge in [-0.25, -0.2) is 5.48 Å². The van der Waals surface area contributed by atoms with Crippen molar-refractivity contribution in [1.29, 1.82) is 0 Å². The molecule has 29 heavy (non-hydrogen) atoms. The van der Waals surface area contributed by atoms with E-state index in [0.717, 1.165) is 37.1 Å². The molecule has 5 nitrogen and oxygen atoms in total. The summed E-state index contributed by atoms with van der Waals surface area (Å²) in [4.78, 5) is 25.7. The molecule has 0 bridgehead atoms. The number of aryl methyl sites for hydroxylation is 1. The fraction of sp³-hybridized carbons (Fsp3) is 0.250. The Hall–Kier alpha value is -3.18.